The highest BCUT2D eigenvalue weighted by molar-refractivity contribution is 7.91. The van der Waals surface area contributed by atoms with Crippen molar-refractivity contribution in [3.63, 3.8) is 0 Å². The van der Waals surface area contributed by atoms with E-state index in [2.05, 4.69) is 5.32 Å². The molecule has 132 valence electrons. The van der Waals surface area contributed by atoms with Gasteiger partial charge in [-0.2, -0.15) is 0 Å². The maximum atomic E-state index is 12.4. The zero-order chi connectivity index (χ0) is 18.0. The lowest BCUT2D eigenvalue weighted by molar-refractivity contribution is -0.149. The average Bonchev–Trinajstić information content (AvgIpc) is 2.50. The van der Waals surface area contributed by atoms with Crippen molar-refractivity contribution in [2.45, 2.75) is 37.1 Å². The third kappa shape index (κ3) is 4.08. The van der Waals surface area contributed by atoms with Crippen molar-refractivity contribution in [2.75, 3.05) is 18.8 Å². The van der Waals surface area contributed by atoms with Gasteiger partial charge < -0.3 is 10.2 Å². The van der Waals surface area contributed by atoms with E-state index in [4.69, 9.17) is 11.6 Å². The zero-order valence-electron chi connectivity index (χ0n) is 13.7. The first-order valence-electron chi connectivity index (χ1n) is 7.72. The molecule has 0 aliphatic carbocycles. The molecule has 2 amide bonds. The molecule has 1 aliphatic rings. The summed E-state index contributed by atoms with van der Waals surface area (Å²) in [7, 11) is -3.45. The van der Waals surface area contributed by atoms with Gasteiger partial charge in [0.05, 0.1) is 10.6 Å². The van der Waals surface area contributed by atoms with Crippen molar-refractivity contribution >= 4 is 33.3 Å². The molecule has 0 saturated carbocycles. The lowest BCUT2D eigenvalue weighted by Crippen LogP contribution is -2.63. The topological polar surface area (TPSA) is 83.6 Å². The first-order valence-corrected chi connectivity index (χ1v) is 9.75. The van der Waals surface area contributed by atoms with Gasteiger partial charge in [-0.3, -0.25) is 9.59 Å². The predicted octanol–water partition coefficient (Wildman–Crippen LogP) is 1.63. The van der Waals surface area contributed by atoms with Gasteiger partial charge in [-0.05, 0) is 44.5 Å². The van der Waals surface area contributed by atoms with E-state index < -0.39 is 15.4 Å². The molecule has 1 heterocycles. The van der Waals surface area contributed by atoms with E-state index in [1.807, 2.05) is 0 Å². The van der Waals surface area contributed by atoms with Gasteiger partial charge in [-0.25, -0.2) is 8.42 Å². The van der Waals surface area contributed by atoms with Gasteiger partial charge in [0, 0.05) is 24.5 Å². The van der Waals surface area contributed by atoms with Crippen LogP contribution in [0.1, 0.15) is 26.7 Å². The molecule has 1 aromatic rings. The first-order chi connectivity index (χ1) is 11.1. The molecule has 1 saturated heterocycles. The maximum absolute atomic E-state index is 12.4. The highest BCUT2D eigenvalue weighted by Gasteiger charge is 2.40. The quantitative estimate of drug-likeness (QED) is 0.851. The van der Waals surface area contributed by atoms with Gasteiger partial charge >= 0.3 is 0 Å². The van der Waals surface area contributed by atoms with E-state index in [0.717, 1.165) is 0 Å². The lowest BCUT2D eigenvalue weighted by Gasteiger charge is -2.41. The van der Waals surface area contributed by atoms with Crippen LogP contribution in [-0.2, 0) is 19.4 Å². The Hall–Kier alpha value is -1.60. The second kappa shape index (κ2) is 7.11. The van der Waals surface area contributed by atoms with E-state index in [1.54, 1.807) is 13.8 Å². The van der Waals surface area contributed by atoms with Crippen molar-refractivity contribution in [1.82, 2.24) is 10.2 Å². The number of carbonyl (C=O) groups is 2. The number of halogens is 1. The van der Waals surface area contributed by atoms with Gasteiger partial charge in [-0.1, -0.05) is 11.6 Å². The third-order valence-corrected chi connectivity index (χ3v) is 6.20. The van der Waals surface area contributed by atoms with E-state index in [0.29, 0.717) is 18.1 Å². The zero-order valence-corrected chi connectivity index (χ0v) is 15.3. The third-order valence-electron chi connectivity index (χ3n) is 4.13. The fraction of sp³-hybridized carbons (Fsp3) is 0.500. The number of sulfone groups is 1. The fourth-order valence-electron chi connectivity index (χ4n) is 2.64. The number of hydrogen-bond acceptors (Lipinski definition) is 4. The van der Waals surface area contributed by atoms with Gasteiger partial charge in [-0.15, -0.1) is 0 Å². The van der Waals surface area contributed by atoms with Crippen LogP contribution in [0.15, 0.2) is 29.2 Å². The number of carbonyl (C=O) groups excluding carboxylic acids is 2. The second-order valence-corrected chi connectivity index (χ2v) is 8.78. The average molecular weight is 373 g/mol. The predicted molar refractivity (Wildman–Crippen MR) is 91.5 cm³/mol. The van der Waals surface area contributed by atoms with E-state index in [1.165, 1.54) is 29.2 Å². The molecule has 1 N–H and O–H groups in total. The highest BCUT2D eigenvalue weighted by atomic mass is 35.5. The van der Waals surface area contributed by atoms with E-state index in [-0.39, 0.29) is 35.3 Å². The van der Waals surface area contributed by atoms with Crippen molar-refractivity contribution in [3.05, 3.63) is 29.3 Å². The van der Waals surface area contributed by atoms with Gasteiger partial charge in [0.15, 0.2) is 9.84 Å². The Balaban J connectivity index is 1.95. The van der Waals surface area contributed by atoms with Crippen molar-refractivity contribution in [1.29, 1.82) is 0 Å². The number of piperazine rings is 1. The minimum atomic E-state index is -3.45. The van der Waals surface area contributed by atoms with Crippen LogP contribution in [0.25, 0.3) is 0 Å². The van der Waals surface area contributed by atoms with Crippen molar-refractivity contribution in [2.24, 2.45) is 0 Å². The van der Waals surface area contributed by atoms with Crippen LogP contribution in [0.3, 0.4) is 0 Å². The number of rotatable bonds is 5. The molecule has 1 aromatic carbocycles. The van der Waals surface area contributed by atoms with Crippen molar-refractivity contribution < 1.29 is 18.0 Å². The molecule has 24 heavy (non-hydrogen) atoms. The lowest BCUT2D eigenvalue weighted by atomic mass is 9.98. The molecule has 0 unspecified atom stereocenters. The van der Waals surface area contributed by atoms with Crippen LogP contribution in [0.4, 0.5) is 0 Å². The Kier molecular flexibility index (Phi) is 5.55. The van der Waals surface area contributed by atoms with Gasteiger partial charge in [0.2, 0.25) is 11.8 Å². The molecule has 0 atom stereocenters. The molecule has 1 fully saturated rings. The number of benzene rings is 1. The largest absolute Gasteiger partial charge is 0.352 e. The van der Waals surface area contributed by atoms with Gasteiger partial charge in [0.25, 0.3) is 0 Å². The monoisotopic (exact) mass is 372 g/mol. The summed E-state index contributed by atoms with van der Waals surface area (Å²) in [5, 5.41) is 3.19. The summed E-state index contributed by atoms with van der Waals surface area (Å²) in [5.74, 6) is -0.530. The number of nitrogens with one attached hydrogen (secondary N) is 1. The summed E-state index contributed by atoms with van der Waals surface area (Å²) in [6.07, 6.45) is 0.293. The Labute approximate surface area is 147 Å². The summed E-state index contributed by atoms with van der Waals surface area (Å²) in [5.41, 5.74) is -0.912. The first kappa shape index (κ1) is 18.7. The molecule has 0 spiro atoms. The molecule has 0 bridgehead atoms. The van der Waals surface area contributed by atoms with E-state index >= 15 is 0 Å². The number of hydrogen-bond donors (Lipinski definition) is 1. The second-order valence-electron chi connectivity index (χ2n) is 6.24. The minimum absolute atomic E-state index is 0.0868. The van der Waals surface area contributed by atoms with Crippen LogP contribution in [0.2, 0.25) is 5.02 Å². The minimum Gasteiger partial charge on any atom is -0.352 e. The normalized spacial score (nSPS) is 17.5. The van der Waals surface area contributed by atoms with Crippen LogP contribution in [0, 0.1) is 0 Å². The Bertz CT molecular complexity index is 729. The molecule has 0 aromatic heterocycles. The SMILES string of the molecule is CC1(C)C(=O)NCCN1C(=O)CCCS(=O)(=O)c1ccc(Cl)cc1. The Morgan fingerprint density at radius 2 is 1.92 bits per heavy atom. The molecular formula is C16H21ClN2O4S. The summed E-state index contributed by atoms with van der Waals surface area (Å²) in [4.78, 5) is 25.9. The number of amides is 2. The van der Waals surface area contributed by atoms with Crippen LogP contribution in [-0.4, -0.2) is 49.5 Å². The standard InChI is InChI=1S/C16H21ClN2O4S/c1-16(2)15(21)18-9-10-19(16)14(20)4-3-11-24(22,23)13-7-5-12(17)6-8-13/h5-8H,3-4,9-11H2,1-2H3,(H,18,21). The van der Waals surface area contributed by atoms with Crippen molar-refractivity contribution in [3.8, 4) is 0 Å². The van der Waals surface area contributed by atoms with Crippen LogP contribution in [0.5, 0.6) is 0 Å². The Morgan fingerprint density at radius 3 is 2.54 bits per heavy atom. The molecule has 0 radical (unpaired) electrons. The summed E-state index contributed by atoms with van der Waals surface area (Å²) < 4.78 is 24.5. The van der Waals surface area contributed by atoms with Gasteiger partial charge in [0.1, 0.15) is 5.54 Å². The highest BCUT2D eigenvalue weighted by Crippen LogP contribution is 2.20. The number of nitrogens with zero attached hydrogens (tertiary/aromatic N) is 1. The molecule has 2 rings (SSSR count). The summed E-state index contributed by atoms with van der Waals surface area (Å²) in [6.45, 7) is 4.21. The smallest absolute Gasteiger partial charge is 0.245 e. The fourth-order valence-corrected chi connectivity index (χ4v) is 4.08. The summed E-state index contributed by atoms with van der Waals surface area (Å²) >= 11 is 5.75. The summed E-state index contributed by atoms with van der Waals surface area (Å²) in [6, 6.07) is 5.96. The molecule has 1 aliphatic heterocycles. The maximum Gasteiger partial charge on any atom is 0.245 e. The van der Waals surface area contributed by atoms with Crippen LogP contribution >= 0.6 is 11.6 Å². The molecule has 6 nitrogen and oxygen atoms in total. The Morgan fingerprint density at radius 1 is 1.29 bits per heavy atom. The van der Waals surface area contributed by atoms with E-state index in [9.17, 15) is 18.0 Å². The molecule has 8 heteroatoms. The molecular weight excluding hydrogens is 352 g/mol. The van der Waals surface area contributed by atoms with Crippen LogP contribution < -0.4 is 5.32 Å².